The summed E-state index contributed by atoms with van der Waals surface area (Å²) in [7, 11) is 0. The summed E-state index contributed by atoms with van der Waals surface area (Å²) in [5.74, 6) is -0.0666. The van der Waals surface area contributed by atoms with Crippen LogP contribution in [-0.4, -0.2) is 41.1 Å². The van der Waals surface area contributed by atoms with Crippen LogP contribution in [0.2, 0.25) is 0 Å². The van der Waals surface area contributed by atoms with Crippen LogP contribution in [0.15, 0.2) is 41.7 Å². The van der Waals surface area contributed by atoms with Gasteiger partial charge in [-0.25, -0.2) is 4.79 Å². The lowest BCUT2D eigenvalue weighted by molar-refractivity contribution is -0.137. The monoisotopic (exact) mass is 372 g/mol. The van der Waals surface area contributed by atoms with Gasteiger partial charge in [0.2, 0.25) is 5.91 Å². The van der Waals surface area contributed by atoms with E-state index in [2.05, 4.69) is 5.16 Å². The highest BCUT2D eigenvalue weighted by atomic mass is 16.5. The molecule has 2 aromatic rings. The first kappa shape index (κ1) is 20.2. The largest absolute Gasteiger partial charge is 0.489 e. The van der Waals surface area contributed by atoms with Gasteiger partial charge in [-0.1, -0.05) is 25.9 Å². The number of hydrogen-bond acceptors (Lipinski definition) is 6. The van der Waals surface area contributed by atoms with E-state index in [4.69, 9.17) is 14.7 Å². The van der Waals surface area contributed by atoms with Gasteiger partial charge in [0.1, 0.15) is 12.4 Å². The van der Waals surface area contributed by atoms with Crippen molar-refractivity contribution in [2.75, 3.05) is 13.2 Å². The number of rotatable bonds is 6. The summed E-state index contributed by atoms with van der Waals surface area (Å²) in [6.45, 7) is 7.70. The fourth-order valence-corrected chi connectivity index (χ4v) is 2.48. The number of benzene rings is 1. The van der Waals surface area contributed by atoms with Crippen LogP contribution in [0, 0.1) is 5.41 Å². The second-order valence-corrected chi connectivity index (χ2v) is 6.90. The van der Waals surface area contributed by atoms with Gasteiger partial charge in [-0.2, -0.15) is 0 Å². The van der Waals surface area contributed by atoms with Gasteiger partial charge < -0.3 is 14.7 Å². The zero-order valence-electron chi connectivity index (χ0n) is 15.9. The van der Waals surface area contributed by atoms with Gasteiger partial charge in [0, 0.05) is 34.7 Å². The molecule has 0 saturated carbocycles. The van der Waals surface area contributed by atoms with Crippen molar-refractivity contribution >= 4 is 29.0 Å². The molecule has 0 bridgehead atoms. The minimum absolute atomic E-state index is 0.0470. The molecule has 7 nitrogen and oxygen atoms in total. The molecule has 0 saturated heterocycles. The lowest BCUT2D eigenvalue weighted by atomic mass is 9.95. The minimum Gasteiger partial charge on any atom is -0.489 e. The van der Waals surface area contributed by atoms with Gasteiger partial charge in [-0.3, -0.25) is 9.36 Å². The molecule has 7 heteroatoms. The van der Waals surface area contributed by atoms with E-state index in [9.17, 15) is 9.59 Å². The second kappa shape index (κ2) is 8.53. The van der Waals surface area contributed by atoms with E-state index in [0.717, 1.165) is 5.39 Å². The molecule has 0 aliphatic rings. The second-order valence-electron chi connectivity index (χ2n) is 6.90. The maximum absolute atomic E-state index is 12.7. The summed E-state index contributed by atoms with van der Waals surface area (Å²) in [5, 5.41) is 12.8. The summed E-state index contributed by atoms with van der Waals surface area (Å²) in [4.78, 5) is 24.0. The molecule has 0 atom stereocenters. The number of oxime groups is 1. The Morgan fingerprint density at radius 1 is 1.30 bits per heavy atom. The average Bonchev–Trinajstić information content (AvgIpc) is 3.00. The molecular formula is C20H24N2O5. The highest BCUT2D eigenvalue weighted by molar-refractivity contribution is 5.98. The predicted molar refractivity (Wildman–Crippen MR) is 103 cm³/mol. The van der Waals surface area contributed by atoms with Crippen molar-refractivity contribution in [1.82, 2.24) is 4.57 Å². The highest BCUT2D eigenvalue weighted by Gasteiger charge is 2.24. The topological polar surface area (TPSA) is 90.1 Å². The minimum atomic E-state index is -0.541. The maximum atomic E-state index is 12.7. The Morgan fingerprint density at radius 2 is 2.04 bits per heavy atom. The highest BCUT2D eigenvalue weighted by Crippen LogP contribution is 2.28. The van der Waals surface area contributed by atoms with Crippen molar-refractivity contribution in [3.63, 3.8) is 0 Å². The number of nitrogens with zero attached hydrogens (tertiary/aromatic N) is 2. The third kappa shape index (κ3) is 4.97. The van der Waals surface area contributed by atoms with Crippen molar-refractivity contribution in [2.45, 2.75) is 27.7 Å². The summed E-state index contributed by atoms with van der Waals surface area (Å²) in [5.41, 5.74) is 0.700. The Kier molecular flexibility index (Phi) is 6.39. The quantitative estimate of drug-likeness (QED) is 0.275. The van der Waals surface area contributed by atoms with Crippen LogP contribution in [0.4, 0.5) is 0 Å². The number of esters is 1. The molecular weight excluding hydrogens is 348 g/mol. The van der Waals surface area contributed by atoms with Gasteiger partial charge in [0.25, 0.3) is 0 Å². The first-order valence-corrected chi connectivity index (χ1v) is 8.61. The third-order valence-electron chi connectivity index (χ3n) is 3.75. The van der Waals surface area contributed by atoms with Gasteiger partial charge in [0.05, 0.1) is 18.3 Å². The molecule has 0 unspecified atom stereocenters. The van der Waals surface area contributed by atoms with Crippen molar-refractivity contribution in [2.24, 2.45) is 10.6 Å². The van der Waals surface area contributed by atoms with Crippen LogP contribution in [0.5, 0.6) is 5.75 Å². The summed E-state index contributed by atoms with van der Waals surface area (Å²) < 4.78 is 12.1. The first-order valence-electron chi connectivity index (χ1n) is 8.61. The van der Waals surface area contributed by atoms with Crippen LogP contribution in [0.1, 0.15) is 38.1 Å². The Hall–Kier alpha value is -3.09. The number of fused-ring (bicyclic) bond motifs is 1. The van der Waals surface area contributed by atoms with Crippen molar-refractivity contribution < 1.29 is 24.3 Å². The fraction of sp³-hybridized carbons (Fsp3) is 0.350. The molecule has 144 valence electrons. The number of carbonyl (C=O) groups is 2. The molecule has 2 rings (SSSR count). The van der Waals surface area contributed by atoms with Gasteiger partial charge >= 0.3 is 5.97 Å². The van der Waals surface area contributed by atoms with E-state index >= 15 is 0 Å². The van der Waals surface area contributed by atoms with E-state index in [1.807, 2.05) is 26.8 Å². The van der Waals surface area contributed by atoms with Crippen molar-refractivity contribution in [1.29, 1.82) is 0 Å². The Labute approximate surface area is 157 Å². The third-order valence-corrected chi connectivity index (χ3v) is 3.75. The molecule has 0 spiro atoms. The molecule has 0 aliphatic carbocycles. The smallest absolute Gasteiger partial charge is 0.330 e. The molecule has 1 N–H and O–H groups in total. The van der Waals surface area contributed by atoms with Crippen LogP contribution < -0.4 is 4.74 Å². The Bertz CT molecular complexity index is 888. The number of carbonyl (C=O) groups excluding carboxylic acids is 2. The zero-order valence-corrected chi connectivity index (χ0v) is 15.9. The number of ether oxygens (including phenoxy) is 2. The van der Waals surface area contributed by atoms with Crippen LogP contribution in [-0.2, 0) is 9.53 Å². The van der Waals surface area contributed by atoms with Crippen LogP contribution in [0.25, 0.3) is 10.9 Å². The molecule has 0 aliphatic heterocycles. The van der Waals surface area contributed by atoms with Gasteiger partial charge in [-0.15, -0.1) is 0 Å². The van der Waals surface area contributed by atoms with E-state index < -0.39 is 11.4 Å². The van der Waals surface area contributed by atoms with Gasteiger partial charge in [0.15, 0.2) is 0 Å². The SMILES string of the molecule is CCOC(=O)C=CCOc1cc2c(ccn2C(=O)C(C)(C)C)cc1C=NO. The summed E-state index contributed by atoms with van der Waals surface area (Å²) in [6, 6.07) is 5.30. The fourth-order valence-electron chi connectivity index (χ4n) is 2.48. The standard InChI is InChI=1S/C20H24N2O5/c1-5-26-18(23)7-6-10-27-17-12-16-14(11-15(17)13-21-25)8-9-22(16)19(24)20(2,3)4/h6-9,11-13,25H,5,10H2,1-4H3. The van der Waals surface area contributed by atoms with Crippen LogP contribution >= 0.6 is 0 Å². The van der Waals surface area contributed by atoms with Crippen molar-refractivity contribution in [3.05, 3.63) is 42.1 Å². The molecule has 1 aromatic heterocycles. The van der Waals surface area contributed by atoms with E-state index in [1.165, 1.54) is 18.4 Å². The van der Waals surface area contributed by atoms with E-state index in [0.29, 0.717) is 23.4 Å². The first-order chi connectivity index (χ1) is 12.8. The number of hydrogen-bond donors (Lipinski definition) is 1. The zero-order chi connectivity index (χ0) is 20.0. The molecule has 0 fully saturated rings. The molecule has 1 aromatic carbocycles. The molecule has 1 heterocycles. The van der Waals surface area contributed by atoms with E-state index in [1.54, 1.807) is 29.8 Å². The number of aromatic nitrogens is 1. The normalized spacial score (nSPS) is 12.1. The summed E-state index contributed by atoms with van der Waals surface area (Å²) in [6.07, 6.45) is 5.78. The van der Waals surface area contributed by atoms with Gasteiger partial charge in [-0.05, 0) is 25.1 Å². The Morgan fingerprint density at radius 3 is 2.67 bits per heavy atom. The predicted octanol–water partition coefficient (Wildman–Crippen LogP) is 3.63. The summed E-state index contributed by atoms with van der Waals surface area (Å²) >= 11 is 0. The lowest BCUT2D eigenvalue weighted by Crippen LogP contribution is -2.26. The van der Waals surface area contributed by atoms with Crippen molar-refractivity contribution in [3.8, 4) is 5.75 Å². The Balaban J connectivity index is 2.34. The maximum Gasteiger partial charge on any atom is 0.330 e. The van der Waals surface area contributed by atoms with E-state index in [-0.39, 0.29) is 12.5 Å². The van der Waals surface area contributed by atoms with Crippen LogP contribution in [0.3, 0.4) is 0 Å². The molecule has 0 radical (unpaired) electrons. The molecule has 27 heavy (non-hydrogen) atoms. The molecule has 0 amide bonds. The average molecular weight is 372 g/mol. The lowest BCUT2D eigenvalue weighted by Gasteiger charge is -2.18.